The van der Waals surface area contributed by atoms with Crippen LogP contribution in [-0.4, -0.2) is 22.4 Å². The molecule has 1 saturated carbocycles. The van der Waals surface area contributed by atoms with Gasteiger partial charge in [0.1, 0.15) is 0 Å². The molecule has 0 spiro atoms. The van der Waals surface area contributed by atoms with Crippen molar-refractivity contribution in [1.29, 1.82) is 0 Å². The molecule has 2 atom stereocenters. The van der Waals surface area contributed by atoms with Crippen molar-refractivity contribution in [2.24, 2.45) is 13.0 Å². The van der Waals surface area contributed by atoms with Crippen LogP contribution >= 0.6 is 0 Å². The molecular formula is C15H26N4. The molecule has 4 heteroatoms. The van der Waals surface area contributed by atoms with E-state index in [-0.39, 0.29) is 0 Å². The Kier molecular flexibility index (Phi) is 3.42. The van der Waals surface area contributed by atoms with Gasteiger partial charge < -0.3 is 10.6 Å². The third-order valence-electron chi connectivity index (χ3n) is 4.98. The van der Waals surface area contributed by atoms with Crippen LogP contribution < -0.4 is 10.6 Å². The molecule has 19 heavy (non-hydrogen) atoms. The standard InChI is InChI=1S/C15H26N4/c1-3-12-14(16)15(18(2)17-12)19-10-6-8-11-7-4-5-9-13(11)19/h11,13H,3-10,16H2,1-2H3/t11-,13-/m1/s1. The Bertz CT molecular complexity index is 449. The molecule has 0 amide bonds. The predicted octanol–water partition coefficient (Wildman–Crippen LogP) is 2.72. The molecule has 1 aromatic heterocycles. The Morgan fingerprint density at radius 3 is 2.68 bits per heavy atom. The number of fused-ring (bicyclic) bond motifs is 1. The van der Waals surface area contributed by atoms with Gasteiger partial charge in [-0.05, 0) is 38.0 Å². The molecule has 0 bridgehead atoms. The fourth-order valence-electron chi connectivity index (χ4n) is 4.08. The zero-order valence-electron chi connectivity index (χ0n) is 12.2. The van der Waals surface area contributed by atoms with Crippen molar-refractivity contribution in [3.05, 3.63) is 5.69 Å². The van der Waals surface area contributed by atoms with Crippen molar-refractivity contribution >= 4 is 11.5 Å². The number of piperidine rings is 1. The summed E-state index contributed by atoms with van der Waals surface area (Å²) in [4.78, 5) is 2.56. The molecular weight excluding hydrogens is 236 g/mol. The summed E-state index contributed by atoms with van der Waals surface area (Å²) in [6.45, 7) is 3.27. The highest BCUT2D eigenvalue weighted by molar-refractivity contribution is 5.67. The van der Waals surface area contributed by atoms with Crippen LogP contribution in [0.2, 0.25) is 0 Å². The van der Waals surface area contributed by atoms with E-state index in [1.54, 1.807) is 0 Å². The van der Waals surface area contributed by atoms with E-state index in [0.717, 1.165) is 30.3 Å². The van der Waals surface area contributed by atoms with Gasteiger partial charge in [0.05, 0.1) is 11.4 Å². The minimum atomic E-state index is 0.699. The van der Waals surface area contributed by atoms with Crippen LogP contribution in [0.25, 0.3) is 0 Å². The molecule has 1 aliphatic heterocycles. The lowest BCUT2D eigenvalue weighted by atomic mass is 9.78. The number of nitrogen functional groups attached to an aromatic ring is 1. The van der Waals surface area contributed by atoms with Crippen molar-refractivity contribution in [2.45, 2.75) is 57.9 Å². The van der Waals surface area contributed by atoms with Gasteiger partial charge in [-0.3, -0.25) is 4.68 Å². The quantitative estimate of drug-likeness (QED) is 0.891. The third kappa shape index (κ3) is 2.11. The number of nitrogens with two attached hydrogens (primary N) is 1. The molecule has 106 valence electrons. The van der Waals surface area contributed by atoms with Crippen LogP contribution in [-0.2, 0) is 13.5 Å². The first-order chi connectivity index (χ1) is 9.22. The highest BCUT2D eigenvalue weighted by Gasteiger charge is 2.35. The van der Waals surface area contributed by atoms with Crippen molar-refractivity contribution < 1.29 is 0 Å². The number of nitrogens with zero attached hydrogens (tertiary/aromatic N) is 3. The second kappa shape index (κ2) is 5.06. The molecule has 1 saturated heterocycles. The number of hydrogen-bond donors (Lipinski definition) is 1. The normalized spacial score (nSPS) is 27.4. The molecule has 2 heterocycles. The topological polar surface area (TPSA) is 47.1 Å². The lowest BCUT2D eigenvalue weighted by Crippen LogP contribution is -2.47. The zero-order chi connectivity index (χ0) is 13.4. The Hall–Kier alpha value is -1.19. The number of aromatic nitrogens is 2. The lowest BCUT2D eigenvalue weighted by molar-refractivity contribution is 0.241. The molecule has 1 aromatic rings. The average Bonchev–Trinajstić information content (AvgIpc) is 2.73. The monoisotopic (exact) mass is 262 g/mol. The zero-order valence-corrected chi connectivity index (χ0v) is 12.2. The van der Waals surface area contributed by atoms with E-state index in [2.05, 4.69) is 16.9 Å². The first-order valence-electron chi connectivity index (χ1n) is 7.80. The Morgan fingerprint density at radius 1 is 1.21 bits per heavy atom. The van der Waals surface area contributed by atoms with Gasteiger partial charge in [0, 0.05) is 19.6 Å². The second-order valence-electron chi connectivity index (χ2n) is 6.11. The third-order valence-corrected chi connectivity index (χ3v) is 4.98. The molecule has 0 radical (unpaired) electrons. The molecule has 0 unspecified atom stereocenters. The van der Waals surface area contributed by atoms with Gasteiger partial charge in [-0.2, -0.15) is 5.10 Å². The van der Waals surface area contributed by atoms with Gasteiger partial charge in [-0.25, -0.2) is 0 Å². The van der Waals surface area contributed by atoms with Crippen LogP contribution in [0.1, 0.15) is 51.1 Å². The summed E-state index contributed by atoms with van der Waals surface area (Å²) in [5.74, 6) is 2.05. The van der Waals surface area contributed by atoms with Gasteiger partial charge in [0.2, 0.25) is 0 Å². The maximum atomic E-state index is 6.34. The number of rotatable bonds is 2. The summed E-state index contributed by atoms with van der Waals surface area (Å²) in [6.07, 6.45) is 9.14. The SMILES string of the molecule is CCc1nn(C)c(N2CCC[C@H]3CCCC[C@H]32)c1N. The Labute approximate surface area is 116 Å². The van der Waals surface area contributed by atoms with E-state index in [4.69, 9.17) is 5.73 Å². The van der Waals surface area contributed by atoms with Crippen molar-refractivity contribution in [3.8, 4) is 0 Å². The van der Waals surface area contributed by atoms with E-state index in [9.17, 15) is 0 Å². The molecule has 0 aromatic carbocycles. The second-order valence-corrected chi connectivity index (χ2v) is 6.11. The summed E-state index contributed by atoms with van der Waals surface area (Å²) >= 11 is 0. The minimum absolute atomic E-state index is 0.699. The molecule has 1 aliphatic carbocycles. The van der Waals surface area contributed by atoms with Crippen LogP contribution in [0.4, 0.5) is 11.5 Å². The maximum Gasteiger partial charge on any atom is 0.150 e. The number of aryl methyl sites for hydroxylation is 2. The summed E-state index contributed by atoms with van der Waals surface area (Å²) in [7, 11) is 2.04. The first-order valence-corrected chi connectivity index (χ1v) is 7.80. The molecule has 2 fully saturated rings. The molecule has 4 nitrogen and oxygen atoms in total. The number of hydrogen-bond acceptors (Lipinski definition) is 3. The summed E-state index contributed by atoms with van der Waals surface area (Å²) in [5.41, 5.74) is 8.31. The van der Waals surface area contributed by atoms with Gasteiger partial charge in [-0.1, -0.05) is 19.8 Å². The first kappa shape index (κ1) is 12.8. The maximum absolute atomic E-state index is 6.34. The van der Waals surface area contributed by atoms with E-state index < -0.39 is 0 Å². The number of anilines is 2. The fourth-order valence-corrected chi connectivity index (χ4v) is 4.08. The summed E-state index contributed by atoms with van der Waals surface area (Å²) in [6, 6.07) is 0.699. The highest BCUT2D eigenvalue weighted by Crippen LogP contribution is 2.40. The lowest BCUT2D eigenvalue weighted by Gasteiger charge is -2.45. The summed E-state index contributed by atoms with van der Waals surface area (Å²) < 4.78 is 2.01. The van der Waals surface area contributed by atoms with Crippen LogP contribution in [0, 0.1) is 5.92 Å². The van der Waals surface area contributed by atoms with Gasteiger partial charge in [0.25, 0.3) is 0 Å². The Balaban J connectivity index is 1.93. The van der Waals surface area contributed by atoms with Crippen molar-refractivity contribution in [2.75, 3.05) is 17.2 Å². The molecule has 3 rings (SSSR count). The van der Waals surface area contributed by atoms with Gasteiger partial charge in [-0.15, -0.1) is 0 Å². The van der Waals surface area contributed by atoms with E-state index in [0.29, 0.717) is 6.04 Å². The summed E-state index contributed by atoms with van der Waals surface area (Å²) in [5, 5.41) is 4.59. The molecule has 2 N–H and O–H groups in total. The largest absolute Gasteiger partial charge is 0.394 e. The van der Waals surface area contributed by atoms with E-state index >= 15 is 0 Å². The van der Waals surface area contributed by atoms with Gasteiger partial charge >= 0.3 is 0 Å². The highest BCUT2D eigenvalue weighted by atomic mass is 15.4. The predicted molar refractivity (Wildman–Crippen MR) is 79.3 cm³/mol. The smallest absolute Gasteiger partial charge is 0.150 e. The minimum Gasteiger partial charge on any atom is -0.394 e. The fraction of sp³-hybridized carbons (Fsp3) is 0.800. The van der Waals surface area contributed by atoms with Crippen LogP contribution in [0.5, 0.6) is 0 Å². The van der Waals surface area contributed by atoms with E-state index in [1.807, 2.05) is 11.7 Å². The Morgan fingerprint density at radius 2 is 1.95 bits per heavy atom. The van der Waals surface area contributed by atoms with Crippen molar-refractivity contribution in [3.63, 3.8) is 0 Å². The average molecular weight is 262 g/mol. The molecule has 2 aliphatic rings. The van der Waals surface area contributed by atoms with Crippen molar-refractivity contribution in [1.82, 2.24) is 9.78 Å². The van der Waals surface area contributed by atoms with Crippen LogP contribution in [0.3, 0.4) is 0 Å². The van der Waals surface area contributed by atoms with Crippen LogP contribution in [0.15, 0.2) is 0 Å². The van der Waals surface area contributed by atoms with Gasteiger partial charge in [0.15, 0.2) is 5.82 Å². The van der Waals surface area contributed by atoms with E-state index in [1.165, 1.54) is 44.3 Å².